The van der Waals surface area contributed by atoms with Crippen LogP contribution in [0.2, 0.25) is 0 Å². The molecular weight excluding hydrogens is 394 g/mol. The first-order chi connectivity index (χ1) is 15.0. The molecule has 0 atom stereocenters. The average Bonchev–Trinajstić information content (AvgIpc) is 3.20. The second-order valence-electron chi connectivity index (χ2n) is 9.29. The predicted octanol–water partition coefficient (Wildman–Crippen LogP) is 0.528. The summed E-state index contributed by atoms with van der Waals surface area (Å²) in [5.41, 5.74) is 3.19. The lowest BCUT2D eigenvalue weighted by atomic mass is 9.96. The van der Waals surface area contributed by atoms with Gasteiger partial charge in [0.05, 0.1) is 17.8 Å². The highest BCUT2D eigenvalue weighted by molar-refractivity contribution is 5.83. The fourth-order valence-electron chi connectivity index (χ4n) is 4.87. The molecule has 2 amide bonds. The molecule has 3 aliphatic rings. The van der Waals surface area contributed by atoms with E-state index in [1.165, 1.54) is 5.56 Å². The molecule has 0 unspecified atom stereocenters. The van der Waals surface area contributed by atoms with Crippen molar-refractivity contribution < 1.29 is 9.59 Å². The summed E-state index contributed by atoms with van der Waals surface area (Å²) in [4.78, 5) is 36.2. The second-order valence-corrected chi connectivity index (χ2v) is 9.29. The van der Waals surface area contributed by atoms with Gasteiger partial charge in [0.15, 0.2) is 5.65 Å². The normalized spacial score (nSPS) is 19.6. The lowest BCUT2D eigenvalue weighted by molar-refractivity contribution is -0.143. The Hall–Kier alpha value is -2.68. The van der Waals surface area contributed by atoms with Crippen molar-refractivity contribution in [3.8, 4) is 0 Å². The van der Waals surface area contributed by atoms with E-state index in [9.17, 15) is 9.59 Å². The lowest BCUT2D eigenvalue weighted by Gasteiger charge is -2.44. The molecule has 9 nitrogen and oxygen atoms in total. The van der Waals surface area contributed by atoms with Crippen LogP contribution < -0.4 is 10.2 Å². The van der Waals surface area contributed by atoms with Gasteiger partial charge in [-0.1, -0.05) is 13.8 Å². The van der Waals surface area contributed by atoms with E-state index in [2.05, 4.69) is 29.2 Å². The van der Waals surface area contributed by atoms with Crippen LogP contribution in [0.15, 0.2) is 12.3 Å². The van der Waals surface area contributed by atoms with Crippen molar-refractivity contribution in [2.45, 2.75) is 33.2 Å². The first-order valence-corrected chi connectivity index (χ1v) is 11.4. The molecule has 3 aliphatic heterocycles. The van der Waals surface area contributed by atoms with Gasteiger partial charge in [0.25, 0.3) is 0 Å². The Labute approximate surface area is 182 Å². The first kappa shape index (κ1) is 20.2. The van der Waals surface area contributed by atoms with Crippen LogP contribution in [-0.2, 0) is 22.6 Å². The number of anilines is 1. The van der Waals surface area contributed by atoms with Gasteiger partial charge in [-0.2, -0.15) is 9.61 Å². The van der Waals surface area contributed by atoms with E-state index >= 15 is 0 Å². The van der Waals surface area contributed by atoms with E-state index in [4.69, 9.17) is 4.98 Å². The number of aromatic nitrogens is 3. The number of amides is 2. The number of hydrogen-bond acceptors (Lipinski definition) is 6. The zero-order valence-electron chi connectivity index (χ0n) is 18.4. The smallest absolute Gasteiger partial charge is 0.229 e. The summed E-state index contributed by atoms with van der Waals surface area (Å²) >= 11 is 0. The SMILES string of the molecule is CC(C)CC(=O)N1CCN(C(=O)C2CN(c3c4c(nc5ccnn35)CNCC4)C2)CC1. The van der Waals surface area contributed by atoms with Crippen LogP contribution in [0.5, 0.6) is 0 Å². The van der Waals surface area contributed by atoms with Crippen LogP contribution in [0.25, 0.3) is 5.65 Å². The van der Waals surface area contributed by atoms with Crippen molar-refractivity contribution in [1.29, 1.82) is 0 Å². The number of fused-ring (bicyclic) bond motifs is 2. The van der Waals surface area contributed by atoms with Gasteiger partial charge in [-0.25, -0.2) is 4.98 Å². The minimum absolute atomic E-state index is 0.00839. The first-order valence-electron chi connectivity index (χ1n) is 11.4. The molecule has 2 saturated heterocycles. The van der Waals surface area contributed by atoms with Gasteiger partial charge >= 0.3 is 0 Å². The van der Waals surface area contributed by atoms with Crippen molar-refractivity contribution >= 4 is 23.3 Å². The predicted molar refractivity (Wildman–Crippen MR) is 117 cm³/mol. The Kier molecular flexibility index (Phi) is 5.29. The Balaban J connectivity index is 1.23. The van der Waals surface area contributed by atoms with Crippen molar-refractivity contribution in [1.82, 2.24) is 29.7 Å². The molecule has 0 radical (unpaired) electrons. The standard InChI is InChI=1S/C22H31N7O2/c1-15(2)11-20(30)26-7-9-27(10-8-26)22(31)16-13-28(14-16)21-17-3-5-23-12-18(17)25-19-4-6-24-29(19)21/h4,6,15-16,23H,3,5,7-14H2,1-2H3. The Bertz CT molecular complexity index is 987. The number of piperazine rings is 1. The molecule has 5 rings (SSSR count). The summed E-state index contributed by atoms with van der Waals surface area (Å²) < 4.78 is 1.92. The molecule has 0 aliphatic carbocycles. The van der Waals surface area contributed by atoms with Gasteiger partial charge in [0.2, 0.25) is 11.8 Å². The van der Waals surface area contributed by atoms with Gasteiger partial charge in [-0.15, -0.1) is 0 Å². The number of nitrogens with one attached hydrogen (secondary N) is 1. The van der Waals surface area contributed by atoms with Gasteiger partial charge in [-0.3, -0.25) is 9.59 Å². The molecule has 2 fully saturated rings. The summed E-state index contributed by atoms with van der Waals surface area (Å²) in [6.07, 6.45) is 3.29. The maximum absolute atomic E-state index is 13.1. The number of carbonyl (C=O) groups excluding carboxylic acids is 2. The van der Waals surface area contributed by atoms with Crippen LogP contribution in [0, 0.1) is 11.8 Å². The molecule has 166 valence electrons. The van der Waals surface area contributed by atoms with E-state index in [1.54, 1.807) is 6.20 Å². The monoisotopic (exact) mass is 425 g/mol. The molecule has 0 aromatic carbocycles. The lowest BCUT2D eigenvalue weighted by Crippen LogP contribution is -2.59. The third-order valence-electron chi connectivity index (χ3n) is 6.59. The molecule has 1 N–H and O–H groups in total. The van der Waals surface area contributed by atoms with Crippen molar-refractivity contribution in [3.63, 3.8) is 0 Å². The molecule has 31 heavy (non-hydrogen) atoms. The molecule has 0 bridgehead atoms. The van der Waals surface area contributed by atoms with E-state index in [-0.39, 0.29) is 17.7 Å². The van der Waals surface area contributed by atoms with E-state index < -0.39 is 0 Å². The van der Waals surface area contributed by atoms with Crippen LogP contribution >= 0.6 is 0 Å². The molecule has 0 saturated carbocycles. The Morgan fingerprint density at radius 2 is 1.90 bits per heavy atom. The topological polar surface area (TPSA) is 86.1 Å². The van der Waals surface area contributed by atoms with Gasteiger partial charge < -0.3 is 20.0 Å². The third-order valence-corrected chi connectivity index (χ3v) is 6.59. The zero-order valence-corrected chi connectivity index (χ0v) is 18.4. The highest BCUT2D eigenvalue weighted by Gasteiger charge is 2.39. The molecule has 2 aromatic rings. The average molecular weight is 426 g/mol. The minimum atomic E-state index is 0.00839. The fraction of sp³-hybridized carbons (Fsp3) is 0.636. The summed E-state index contributed by atoms with van der Waals surface area (Å²) in [6, 6.07) is 1.93. The highest BCUT2D eigenvalue weighted by Crippen LogP contribution is 2.32. The van der Waals surface area contributed by atoms with Crippen molar-refractivity contribution in [3.05, 3.63) is 23.5 Å². The van der Waals surface area contributed by atoms with Gasteiger partial charge in [0.1, 0.15) is 5.82 Å². The molecule has 0 spiro atoms. The van der Waals surface area contributed by atoms with E-state index in [0.29, 0.717) is 51.6 Å². The van der Waals surface area contributed by atoms with E-state index in [0.717, 1.165) is 36.7 Å². The largest absolute Gasteiger partial charge is 0.354 e. The van der Waals surface area contributed by atoms with Crippen LogP contribution in [0.4, 0.5) is 5.82 Å². The van der Waals surface area contributed by atoms with Gasteiger partial charge in [-0.05, 0) is 18.9 Å². The van der Waals surface area contributed by atoms with E-state index in [1.807, 2.05) is 20.4 Å². The van der Waals surface area contributed by atoms with Crippen LogP contribution in [0.1, 0.15) is 31.5 Å². The fourth-order valence-corrected chi connectivity index (χ4v) is 4.87. The third kappa shape index (κ3) is 3.75. The maximum Gasteiger partial charge on any atom is 0.229 e. The number of carbonyl (C=O) groups is 2. The molecule has 2 aromatic heterocycles. The summed E-state index contributed by atoms with van der Waals surface area (Å²) in [7, 11) is 0. The minimum Gasteiger partial charge on any atom is -0.354 e. The highest BCUT2D eigenvalue weighted by atomic mass is 16.2. The number of hydrogen-bond donors (Lipinski definition) is 1. The molecular formula is C22H31N7O2. The Morgan fingerprint density at radius 3 is 2.65 bits per heavy atom. The Morgan fingerprint density at radius 1 is 1.16 bits per heavy atom. The maximum atomic E-state index is 13.1. The zero-order chi connectivity index (χ0) is 21.5. The second kappa shape index (κ2) is 8.11. The quantitative estimate of drug-likeness (QED) is 0.769. The summed E-state index contributed by atoms with van der Waals surface area (Å²) in [5, 5.41) is 7.89. The van der Waals surface area contributed by atoms with Crippen molar-refractivity contribution in [2.24, 2.45) is 11.8 Å². The molecule has 5 heterocycles. The molecule has 9 heteroatoms. The number of nitrogens with zero attached hydrogens (tertiary/aromatic N) is 6. The summed E-state index contributed by atoms with van der Waals surface area (Å²) in [5.74, 6) is 1.89. The van der Waals surface area contributed by atoms with Crippen molar-refractivity contribution in [2.75, 3.05) is 50.7 Å². The van der Waals surface area contributed by atoms with Gasteiger partial charge in [0, 0.05) is 63.9 Å². The number of rotatable bonds is 4. The van der Waals surface area contributed by atoms with Crippen LogP contribution in [0.3, 0.4) is 0 Å². The van der Waals surface area contributed by atoms with Crippen LogP contribution in [-0.4, -0.2) is 82.0 Å². The summed E-state index contributed by atoms with van der Waals surface area (Å²) in [6.45, 7) is 9.83.